The fourth-order valence-corrected chi connectivity index (χ4v) is 2.73. The average molecular weight is 281 g/mol. The summed E-state index contributed by atoms with van der Waals surface area (Å²) in [5.41, 5.74) is 0.982. The molecule has 1 heterocycles. The van der Waals surface area contributed by atoms with E-state index in [2.05, 4.69) is 19.2 Å². The second-order valence-corrected chi connectivity index (χ2v) is 5.73. The van der Waals surface area contributed by atoms with Crippen molar-refractivity contribution in [3.05, 3.63) is 34.9 Å². The van der Waals surface area contributed by atoms with E-state index in [0.29, 0.717) is 11.1 Å². The molecule has 0 aliphatic carbocycles. The predicted octanol–water partition coefficient (Wildman–Crippen LogP) is 2.65. The number of piperazine rings is 1. The van der Waals surface area contributed by atoms with Crippen LogP contribution in [0.5, 0.6) is 0 Å². The molecule has 2 rings (SSSR count). The third-order valence-corrected chi connectivity index (χ3v) is 4.27. The summed E-state index contributed by atoms with van der Waals surface area (Å²) >= 11 is 6.00. The average Bonchev–Trinajstić information content (AvgIpc) is 2.40. The molecule has 104 valence electrons. The molecule has 1 amide bonds. The second kappa shape index (κ2) is 5.93. The summed E-state index contributed by atoms with van der Waals surface area (Å²) in [5, 5.41) is 4.07. The van der Waals surface area contributed by atoms with Gasteiger partial charge in [0, 0.05) is 30.2 Å². The standard InChI is InChI=1S/C15H21ClN2O/c1-10(13-5-4-6-14(16)9-13)15(19)18-8-7-17-11(2)12(18)3/h4-6,9-12,17H,7-8H2,1-3H3. The Kier molecular flexibility index (Phi) is 4.48. The van der Waals surface area contributed by atoms with Gasteiger partial charge in [0.25, 0.3) is 0 Å². The van der Waals surface area contributed by atoms with E-state index >= 15 is 0 Å². The summed E-state index contributed by atoms with van der Waals surface area (Å²) in [6.45, 7) is 7.80. The maximum absolute atomic E-state index is 12.6. The third kappa shape index (κ3) is 3.10. The van der Waals surface area contributed by atoms with Crippen molar-refractivity contribution in [3.63, 3.8) is 0 Å². The first-order valence-corrected chi connectivity index (χ1v) is 7.18. The van der Waals surface area contributed by atoms with Gasteiger partial charge in [-0.3, -0.25) is 4.79 Å². The fraction of sp³-hybridized carbons (Fsp3) is 0.533. The quantitative estimate of drug-likeness (QED) is 0.903. The first-order chi connectivity index (χ1) is 9.00. The summed E-state index contributed by atoms with van der Waals surface area (Å²) in [4.78, 5) is 14.6. The summed E-state index contributed by atoms with van der Waals surface area (Å²) in [7, 11) is 0. The Balaban J connectivity index is 2.14. The number of hydrogen-bond acceptors (Lipinski definition) is 2. The van der Waals surface area contributed by atoms with Crippen LogP contribution in [0.1, 0.15) is 32.3 Å². The number of carbonyl (C=O) groups excluding carboxylic acids is 1. The van der Waals surface area contributed by atoms with Crippen molar-refractivity contribution in [1.82, 2.24) is 10.2 Å². The largest absolute Gasteiger partial charge is 0.337 e. The Morgan fingerprint density at radius 2 is 2.21 bits per heavy atom. The van der Waals surface area contributed by atoms with E-state index in [1.165, 1.54) is 0 Å². The van der Waals surface area contributed by atoms with E-state index in [0.717, 1.165) is 18.7 Å². The van der Waals surface area contributed by atoms with Crippen molar-refractivity contribution < 1.29 is 4.79 Å². The highest BCUT2D eigenvalue weighted by atomic mass is 35.5. The number of carbonyl (C=O) groups is 1. The van der Waals surface area contributed by atoms with Gasteiger partial charge in [-0.05, 0) is 38.5 Å². The van der Waals surface area contributed by atoms with Gasteiger partial charge in [-0.1, -0.05) is 23.7 Å². The van der Waals surface area contributed by atoms with Gasteiger partial charge in [0.2, 0.25) is 5.91 Å². The van der Waals surface area contributed by atoms with Crippen molar-refractivity contribution in [3.8, 4) is 0 Å². The smallest absolute Gasteiger partial charge is 0.230 e. The van der Waals surface area contributed by atoms with Gasteiger partial charge in [-0.2, -0.15) is 0 Å². The lowest BCUT2D eigenvalue weighted by atomic mass is 9.97. The van der Waals surface area contributed by atoms with E-state index in [1.54, 1.807) is 0 Å². The molecule has 1 saturated heterocycles. The first-order valence-electron chi connectivity index (χ1n) is 6.80. The van der Waals surface area contributed by atoms with E-state index in [1.807, 2.05) is 36.1 Å². The van der Waals surface area contributed by atoms with Crippen LogP contribution in [0.25, 0.3) is 0 Å². The molecule has 0 radical (unpaired) electrons. The predicted molar refractivity (Wildman–Crippen MR) is 78.5 cm³/mol. The zero-order valence-corrected chi connectivity index (χ0v) is 12.4. The normalized spacial score (nSPS) is 25.2. The second-order valence-electron chi connectivity index (χ2n) is 5.29. The Bertz CT molecular complexity index is 463. The highest BCUT2D eigenvalue weighted by molar-refractivity contribution is 6.30. The third-order valence-electron chi connectivity index (χ3n) is 4.04. The van der Waals surface area contributed by atoms with Gasteiger partial charge in [-0.25, -0.2) is 0 Å². The molecule has 4 heteroatoms. The van der Waals surface area contributed by atoms with E-state index in [4.69, 9.17) is 11.6 Å². The zero-order chi connectivity index (χ0) is 14.0. The summed E-state index contributed by atoms with van der Waals surface area (Å²) < 4.78 is 0. The molecular weight excluding hydrogens is 260 g/mol. The minimum atomic E-state index is -0.147. The van der Waals surface area contributed by atoms with Crippen LogP contribution in [0.2, 0.25) is 5.02 Å². The van der Waals surface area contributed by atoms with Crippen molar-refractivity contribution in [2.24, 2.45) is 0 Å². The van der Waals surface area contributed by atoms with E-state index in [-0.39, 0.29) is 17.9 Å². The highest BCUT2D eigenvalue weighted by Gasteiger charge is 2.31. The van der Waals surface area contributed by atoms with Crippen LogP contribution >= 0.6 is 11.6 Å². The highest BCUT2D eigenvalue weighted by Crippen LogP contribution is 2.23. The molecule has 1 aromatic rings. The van der Waals surface area contributed by atoms with Crippen LogP contribution in [0.15, 0.2) is 24.3 Å². The molecule has 0 spiro atoms. The number of hydrogen-bond donors (Lipinski definition) is 1. The number of halogens is 1. The van der Waals surface area contributed by atoms with Crippen LogP contribution in [0, 0.1) is 0 Å². The minimum absolute atomic E-state index is 0.147. The van der Waals surface area contributed by atoms with Crippen LogP contribution in [0.4, 0.5) is 0 Å². The maximum atomic E-state index is 12.6. The number of rotatable bonds is 2. The molecule has 3 nitrogen and oxygen atoms in total. The summed E-state index contributed by atoms with van der Waals surface area (Å²) in [6.07, 6.45) is 0. The Morgan fingerprint density at radius 1 is 1.47 bits per heavy atom. The van der Waals surface area contributed by atoms with Crippen LogP contribution in [-0.4, -0.2) is 36.0 Å². The van der Waals surface area contributed by atoms with Crippen LogP contribution in [0.3, 0.4) is 0 Å². The SMILES string of the molecule is CC(C(=O)N1CCNC(C)C1C)c1cccc(Cl)c1. The number of nitrogens with one attached hydrogen (secondary N) is 1. The Labute approximate surface area is 119 Å². The fourth-order valence-electron chi connectivity index (χ4n) is 2.53. The number of nitrogens with zero attached hydrogens (tertiary/aromatic N) is 1. The van der Waals surface area contributed by atoms with Crippen LogP contribution in [-0.2, 0) is 4.79 Å². The molecule has 1 fully saturated rings. The molecule has 0 aromatic heterocycles. The number of benzene rings is 1. The van der Waals surface area contributed by atoms with Gasteiger partial charge in [0.15, 0.2) is 0 Å². The molecule has 3 unspecified atom stereocenters. The van der Waals surface area contributed by atoms with Crippen molar-refractivity contribution in [2.45, 2.75) is 38.8 Å². The monoisotopic (exact) mass is 280 g/mol. The Morgan fingerprint density at radius 3 is 2.89 bits per heavy atom. The molecular formula is C15H21ClN2O. The number of amides is 1. The molecule has 0 saturated carbocycles. The van der Waals surface area contributed by atoms with Crippen molar-refractivity contribution in [2.75, 3.05) is 13.1 Å². The molecule has 1 aliphatic heterocycles. The lowest BCUT2D eigenvalue weighted by Crippen LogP contribution is -2.57. The van der Waals surface area contributed by atoms with E-state index < -0.39 is 0 Å². The first kappa shape index (κ1) is 14.4. The molecule has 3 atom stereocenters. The van der Waals surface area contributed by atoms with E-state index in [9.17, 15) is 4.79 Å². The van der Waals surface area contributed by atoms with Gasteiger partial charge in [0.05, 0.1) is 5.92 Å². The molecule has 1 N–H and O–H groups in total. The van der Waals surface area contributed by atoms with Crippen molar-refractivity contribution in [1.29, 1.82) is 0 Å². The molecule has 1 aromatic carbocycles. The van der Waals surface area contributed by atoms with Crippen LogP contribution < -0.4 is 5.32 Å². The lowest BCUT2D eigenvalue weighted by molar-refractivity contribution is -0.136. The Hall–Kier alpha value is -1.06. The molecule has 0 bridgehead atoms. The summed E-state index contributed by atoms with van der Waals surface area (Å²) in [5.74, 6) is 0.0366. The van der Waals surface area contributed by atoms with Gasteiger partial charge in [0.1, 0.15) is 0 Å². The molecule has 19 heavy (non-hydrogen) atoms. The topological polar surface area (TPSA) is 32.3 Å². The summed E-state index contributed by atoms with van der Waals surface area (Å²) in [6, 6.07) is 8.13. The van der Waals surface area contributed by atoms with Gasteiger partial charge in [-0.15, -0.1) is 0 Å². The van der Waals surface area contributed by atoms with Gasteiger partial charge >= 0.3 is 0 Å². The molecule has 1 aliphatic rings. The minimum Gasteiger partial charge on any atom is -0.337 e. The van der Waals surface area contributed by atoms with Crippen molar-refractivity contribution >= 4 is 17.5 Å². The van der Waals surface area contributed by atoms with Gasteiger partial charge < -0.3 is 10.2 Å². The maximum Gasteiger partial charge on any atom is 0.230 e. The lowest BCUT2D eigenvalue weighted by Gasteiger charge is -2.40. The zero-order valence-electron chi connectivity index (χ0n) is 11.7.